The van der Waals surface area contributed by atoms with Gasteiger partial charge in [-0.3, -0.25) is 4.79 Å². The van der Waals surface area contributed by atoms with Gasteiger partial charge in [-0.2, -0.15) is 13.2 Å². The van der Waals surface area contributed by atoms with Gasteiger partial charge in [-0.05, 0) is 12.0 Å². The molecule has 1 aromatic carbocycles. The topological polar surface area (TPSA) is 17.1 Å². The van der Waals surface area contributed by atoms with Crippen molar-refractivity contribution in [3.05, 3.63) is 35.4 Å². The first-order valence-electron chi connectivity index (χ1n) is 6.09. The zero-order valence-electron chi connectivity index (χ0n) is 10.6. The molecule has 1 aromatic rings. The fourth-order valence-corrected chi connectivity index (χ4v) is 1.92. The molecule has 0 spiro atoms. The molecule has 0 atom stereocenters. The first kappa shape index (κ1) is 14.7. The van der Waals surface area contributed by atoms with Crippen LogP contribution in [-0.2, 0) is 6.18 Å². The minimum atomic E-state index is -4.47. The molecule has 0 radical (unpaired) electrons. The van der Waals surface area contributed by atoms with E-state index >= 15 is 0 Å². The summed E-state index contributed by atoms with van der Waals surface area (Å²) in [7, 11) is 0. The fourth-order valence-electron chi connectivity index (χ4n) is 1.92. The van der Waals surface area contributed by atoms with E-state index in [9.17, 15) is 18.0 Å². The van der Waals surface area contributed by atoms with Crippen molar-refractivity contribution in [3.8, 4) is 0 Å². The van der Waals surface area contributed by atoms with Crippen LogP contribution in [0.4, 0.5) is 13.2 Å². The lowest BCUT2D eigenvalue weighted by atomic mass is 9.92. The summed E-state index contributed by atoms with van der Waals surface area (Å²) in [6, 6.07) is 4.99. The van der Waals surface area contributed by atoms with Crippen LogP contribution in [0.2, 0.25) is 0 Å². The molecular formula is C14H17F3O. The van der Waals surface area contributed by atoms with Crippen molar-refractivity contribution in [2.45, 2.75) is 39.3 Å². The monoisotopic (exact) mass is 258 g/mol. The Morgan fingerprint density at radius 3 is 2.22 bits per heavy atom. The van der Waals surface area contributed by atoms with Crippen LogP contribution in [0, 0.1) is 5.92 Å². The Bertz CT molecular complexity index is 406. The number of alkyl halides is 3. The second-order valence-corrected chi connectivity index (χ2v) is 4.35. The van der Waals surface area contributed by atoms with Crippen molar-refractivity contribution in [3.63, 3.8) is 0 Å². The zero-order chi connectivity index (χ0) is 13.8. The quantitative estimate of drug-likeness (QED) is 0.699. The first-order valence-corrected chi connectivity index (χ1v) is 6.09. The number of hydrogen-bond donors (Lipinski definition) is 0. The van der Waals surface area contributed by atoms with Gasteiger partial charge in [0.05, 0.1) is 5.56 Å². The summed E-state index contributed by atoms with van der Waals surface area (Å²) in [5.41, 5.74) is -1.04. The lowest BCUT2D eigenvalue weighted by molar-refractivity contribution is -0.137. The van der Waals surface area contributed by atoms with Gasteiger partial charge in [-0.1, -0.05) is 44.9 Å². The summed E-state index contributed by atoms with van der Waals surface area (Å²) >= 11 is 0. The number of Topliss-reactive ketones (excluding diaryl/α,β-unsaturated/α-hetero) is 1. The Kier molecular flexibility index (Phi) is 4.93. The second kappa shape index (κ2) is 6.03. The van der Waals surface area contributed by atoms with Crippen molar-refractivity contribution < 1.29 is 18.0 Å². The van der Waals surface area contributed by atoms with Crippen LogP contribution in [0.3, 0.4) is 0 Å². The van der Waals surface area contributed by atoms with Gasteiger partial charge < -0.3 is 0 Å². The van der Waals surface area contributed by atoms with Crippen LogP contribution >= 0.6 is 0 Å². The van der Waals surface area contributed by atoms with E-state index < -0.39 is 17.5 Å². The molecule has 0 saturated carbocycles. The third kappa shape index (κ3) is 3.59. The van der Waals surface area contributed by atoms with Crippen molar-refractivity contribution in [2.24, 2.45) is 5.92 Å². The summed E-state index contributed by atoms with van der Waals surface area (Å²) in [6.07, 6.45) is -2.69. The van der Waals surface area contributed by atoms with Gasteiger partial charge in [0, 0.05) is 12.0 Å². The SMILES string of the molecule is CCC(CC)CC(=O)c1ccccc1C(F)(F)F. The van der Waals surface area contributed by atoms with Gasteiger partial charge >= 0.3 is 6.18 Å². The maximum absolute atomic E-state index is 12.8. The normalized spacial score (nSPS) is 11.9. The summed E-state index contributed by atoms with van der Waals surface area (Å²) < 4.78 is 38.3. The van der Waals surface area contributed by atoms with Gasteiger partial charge in [0.2, 0.25) is 0 Å². The lowest BCUT2D eigenvalue weighted by Crippen LogP contribution is -2.15. The summed E-state index contributed by atoms with van der Waals surface area (Å²) in [5.74, 6) is -0.268. The molecule has 100 valence electrons. The number of rotatable bonds is 5. The minimum absolute atomic E-state index is 0.152. The van der Waals surface area contributed by atoms with Gasteiger partial charge in [0.25, 0.3) is 0 Å². The van der Waals surface area contributed by atoms with Gasteiger partial charge in [-0.15, -0.1) is 0 Å². The molecule has 0 aliphatic carbocycles. The number of benzene rings is 1. The average molecular weight is 258 g/mol. The van der Waals surface area contributed by atoms with E-state index in [0.29, 0.717) is 0 Å². The third-order valence-corrected chi connectivity index (χ3v) is 3.16. The number of carbonyl (C=O) groups is 1. The minimum Gasteiger partial charge on any atom is -0.294 e. The Morgan fingerprint density at radius 2 is 1.72 bits per heavy atom. The predicted molar refractivity (Wildman–Crippen MR) is 64.5 cm³/mol. The molecule has 0 heterocycles. The Hall–Kier alpha value is -1.32. The molecule has 0 saturated heterocycles. The van der Waals surface area contributed by atoms with Crippen LogP contribution in [0.15, 0.2) is 24.3 Å². The Labute approximate surface area is 105 Å². The standard InChI is InChI=1S/C14H17F3O/c1-3-10(4-2)9-13(18)11-7-5-6-8-12(11)14(15,16)17/h5-8,10H,3-4,9H2,1-2H3. The molecule has 1 rings (SSSR count). The highest BCUT2D eigenvalue weighted by Gasteiger charge is 2.34. The third-order valence-electron chi connectivity index (χ3n) is 3.16. The number of carbonyl (C=O) groups excluding carboxylic acids is 1. The highest BCUT2D eigenvalue weighted by molar-refractivity contribution is 5.97. The predicted octanol–water partition coefficient (Wildman–Crippen LogP) is 4.71. The Morgan fingerprint density at radius 1 is 1.17 bits per heavy atom. The smallest absolute Gasteiger partial charge is 0.294 e. The largest absolute Gasteiger partial charge is 0.417 e. The van der Waals surface area contributed by atoms with Crippen LogP contribution in [-0.4, -0.2) is 5.78 Å². The van der Waals surface area contributed by atoms with Crippen molar-refractivity contribution in [2.75, 3.05) is 0 Å². The van der Waals surface area contributed by atoms with Gasteiger partial charge in [0.1, 0.15) is 0 Å². The number of hydrogen-bond acceptors (Lipinski definition) is 1. The first-order chi connectivity index (χ1) is 8.40. The van der Waals surface area contributed by atoms with Crippen LogP contribution in [0.5, 0.6) is 0 Å². The van der Waals surface area contributed by atoms with Crippen molar-refractivity contribution in [1.82, 2.24) is 0 Å². The maximum Gasteiger partial charge on any atom is 0.417 e. The van der Waals surface area contributed by atoms with E-state index in [4.69, 9.17) is 0 Å². The van der Waals surface area contributed by atoms with E-state index in [1.807, 2.05) is 13.8 Å². The lowest BCUT2D eigenvalue weighted by Gasteiger charge is -2.14. The zero-order valence-corrected chi connectivity index (χ0v) is 10.6. The van der Waals surface area contributed by atoms with E-state index in [1.54, 1.807) is 0 Å². The number of halogens is 3. The molecular weight excluding hydrogens is 241 g/mol. The van der Waals surface area contributed by atoms with Crippen molar-refractivity contribution >= 4 is 5.78 Å². The molecule has 1 nitrogen and oxygen atoms in total. The molecule has 0 amide bonds. The second-order valence-electron chi connectivity index (χ2n) is 4.35. The molecule has 0 aromatic heterocycles. The van der Waals surface area contributed by atoms with E-state index in [-0.39, 0.29) is 17.9 Å². The highest BCUT2D eigenvalue weighted by Crippen LogP contribution is 2.33. The molecule has 0 unspecified atom stereocenters. The molecule has 0 bridgehead atoms. The molecule has 18 heavy (non-hydrogen) atoms. The summed E-state index contributed by atoms with van der Waals surface area (Å²) in [4.78, 5) is 11.9. The van der Waals surface area contributed by atoms with E-state index in [2.05, 4.69) is 0 Å². The molecule has 0 aliphatic rings. The van der Waals surface area contributed by atoms with Crippen molar-refractivity contribution in [1.29, 1.82) is 0 Å². The Balaban J connectivity index is 2.99. The highest BCUT2D eigenvalue weighted by atomic mass is 19.4. The van der Waals surface area contributed by atoms with Gasteiger partial charge in [-0.25, -0.2) is 0 Å². The summed E-state index contributed by atoms with van der Waals surface area (Å²) in [6.45, 7) is 3.88. The van der Waals surface area contributed by atoms with Crippen LogP contribution < -0.4 is 0 Å². The van der Waals surface area contributed by atoms with Crippen LogP contribution in [0.25, 0.3) is 0 Å². The fraction of sp³-hybridized carbons (Fsp3) is 0.500. The number of ketones is 1. The van der Waals surface area contributed by atoms with Gasteiger partial charge in [0.15, 0.2) is 5.78 Å². The molecule has 4 heteroatoms. The van der Waals surface area contributed by atoms with Crippen LogP contribution in [0.1, 0.15) is 49.0 Å². The van der Waals surface area contributed by atoms with E-state index in [0.717, 1.165) is 18.9 Å². The molecule has 0 N–H and O–H groups in total. The molecule has 0 aliphatic heterocycles. The molecule has 0 fully saturated rings. The van der Waals surface area contributed by atoms with E-state index in [1.165, 1.54) is 18.2 Å². The average Bonchev–Trinajstić information content (AvgIpc) is 2.34. The summed E-state index contributed by atoms with van der Waals surface area (Å²) in [5, 5.41) is 0. The maximum atomic E-state index is 12.8.